The van der Waals surface area contributed by atoms with Crippen LogP contribution in [-0.4, -0.2) is 57.4 Å². The smallest absolute Gasteiger partial charge is 0.227 e. The number of likely N-dealkylation sites (tertiary alicyclic amines) is 1. The highest BCUT2D eigenvalue weighted by molar-refractivity contribution is 5.89. The summed E-state index contributed by atoms with van der Waals surface area (Å²) in [7, 11) is 1.89. The molecule has 26 heavy (non-hydrogen) atoms. The van der Waals surface area contributed by atoms with Crippen LogP contribution in [0.2, 0.25) is 0 Å². The number of hydrogen-bond acceptors (Lipinski definition) is 4. The van der Waals surface area contributed by atoms with Gasteiger partial charge in [0, 0.05) is 45.0 Å². The summed E-state index contributed by atoms with van der Waals surface area (Å²) in [5, 5.41) is 9.79. The molecule has 2 aliphatic carbocycles. The molecule has 1 N–H and O–H groups in total. The zero-order chi connectivity index (χ0) is 18.3. The molecule has 6 nitrogen and oxygen atoms in total. The number of aliphatic hydroxyl groups is 1. The van der Waals surface area contributed by atoms with Crippen LogP contribution in [0, 0.1) is 17.8 Å². The zero-order valence-electron chi connectivity index (χ0n) is 15.3. The third-order valence-electron chi connectivity index (χ3n) is 6.52. The first-order chi connectivity index (χ1) is 12.5. The van der Waals surface area contributed by atoms with Crippen LogP contribution in [0.15, 0.2) is 24.5 Å². The summed E-state index contributed by atoms with van der Waals surface area (Å²) >= 11 is 0. The Morgan fingerprint density at radius 2 is 2.04 bits per heavy atom. The van der Waals surface area contributed by atoms with Crippen molar-refractivity contribution in [1.29, 1.82) is 0 Å². The zero-order valence-corrected chi connectivity index (χ0v) is 15.3. The molecule has 0 bridgehead atoms. The van der Waals surface area contributed by atoms with Crippen molar-refractivity contribution in [2.75, 3.05) is 13.6 Å². The van der Waals surface area contributed by atoms with Crippen molar-refractivity contribution in [2.24, 2.45) is 17.8 Å². The lowest BCUT2D eigenvalue weighted by molar-refractivity contribution is -0.136. The summed E-state index contributed by atoms with van der Waals surface area (Å²) in [6.07, 6.45) is 7.37. The highest BCUT2D eigenvalue weighted by atomic mass is 16.3. The van der Waals surface area contributed by atoms with Gasteiger partial charge in [-0.25, -0.2) is 0 Å². The Balaban J connectivity index is 1.34. The predicted octanol–water partition coefficient (Wildman–Crippen LogP) is 1.44. The molecule has 0 radical (unpaired) electrons. The first-order valence-corrected chi connectivity index (χ1v) is 9.62. The summed E-state index contributed by atoms with van der Waals surface area (Å²) in [6, 6.07) is 4.07. The van der Waals surface area contributed by atoms with Crippen LogP contribution in [-0.2, 0) is 16.1 Å². The normalized spacial score (nSPS) is 33.5. The van der Waals surface area contributed by atoms with Gasteiger partial charge in [-0.1, -0.05) is 6.07 Å². The summed E-state index contributed by atoms with van der Waals surface area (Å²) < 4.78 is 0. The van der Waals surface area contributed by atoms with Gasteiger partial charge in [0.05, 0.1) is 12.0 Å². The molecule has 0 aromatic carbocycles. The molecule has 3 unspecified atom stereocenters. The first-order valence-electron chi connectivity index (χ1n) is 9.62. The maximum Gasteiger partial charge on any atom is 0.227 e. The van der Waals surface area contributed by atoms with Crippen LogP contribution in [0.4, 0.5) is 0 Å². The van der Waals surface area contributed by atoms with Gasteiger partial charge < -0.3 is 14.9 Å². The third-order valence-corrected chi connectivity index (χ3v) is 6.52. The molecule has 1 saturated heterocycles. The maximum absolute atomic E-state index is 12.9. The predicted molar refractivity (Wildman–Crippen MR) is 95.8 cm³/mol. The lowest BCUT2D eigenvalue weighted by atomic mass is 10.0. The molecule has 5 atom stereocenters. The Bertz CT molecular complexity index is 666. The highest BCUT2D eigenvalue weighted by Crippen LogP contribution is 2.45. The van der Waals surface area contributed by atoms with Crippen molar-refractivity contribution in [3.05, 3.63) is 30.1 Å². The van der Waals surface area contributed by atoms with Gasteiger partial charge in [-0.2, -0.15) is 0 Å². The minimum Gasteiger partial charge on any atom is -0.393 e. The highest BCUT2D eigenvalue weighted by Gasteiger charge is 2.44. The number of aromatic nitrogens is 1. The Morgan fingerprint density at radius 3 is 2.69 bits per heavy atom. The molecule has 4 rings (SSSR count). The topological polar surface area (TPSA) is 73.7 Å². The Labute approximate surface area is 154 Å². The number of nitrogens with zero attached hydrogens (tertiary/aromatic N) is 3. The second-order valence-electron chi connectivity index (χ2n) is 8.26. The van der Waals surface area contributed by atoms with Gasteiger partial charge in [0.2, 0.25) is 11.8 Å². The molecule has 2 amide bonds. The van der Waals surface area contributed by atoms with Crippen molar-refractivity contribution in [3.8, 4) is 0 Å². The second kappa shape index (κ2) is 6.99. The van der Waals surface area contributed by atoms with Crippen LogP contribution in [0.5, 0.6) is 0 Å². The third kappa shape index (κ3) is 3.34. The maximum atomic E-state index is 12.9. The fourth-order valence-corrected chi connectivity index (χ4v) is 5.14. The van der Waals surface area contributed by atoms with Gasteiger partial charge in [0.25, 0.3) is 0 Å². The number of carbonyl (C=O) groups is 2. The molecular formula is C20H27N3O3. The van der Waals surface area contributed by atoms with E-state index >= 15 is 0 Å². The van der Waals surface area contributed by atoms with Crippen LogP contribution in [0.25, 0.3) is 0 Å². The number of fused-ring (bicyclic) bond motifs is 1. The fraction of sp³-hybridized carbons (Fsp3) is 0.650. The van der Waals surface area contributed by atoms with E-state index in [-0.39, 0.29) is 29.9 Å². The van der Waals surface area contributed by atoms with Crippen LogP contribution in [0.3, 0.4) is 0 Å². The number of carbonyl (C=O) groups excluding carboxylic acids is 2. The van der Waals surface area contributed by atoms with Crippen molar-refractivity contribution in [3.63, 3.8) is 0 Å². The molecule has 2 heterocycles. The quantitative estimate of drug-likeness (QED) is 0.885. The van der Waals surface area contributed by atoms with E-state index in [9.17, 15) is 14.7 Å². The van der Waals surface area contributed by atoms with E-state index in [1.54, 1.807) is 17.3 Å². The Morgan fingerprint density at radius 1 is 1.31 bits per heavy atom. The first kappa shape index (κ1) is 17.5. The van der Waals surface area contributed by atoms with Crippen LogP contribution in [0.1, 0.15) is 37.7 Å². The van der Waals surface area contributed by atoms with Gasteiger partial charge in [-0.3, -0.25) is 14.6 Å². The van der Waals surface area contributed by atoms with E-state index in [1.165, 1.54) is 0 Å². The second-order valence-corrected chi connectivity index (χ2v) is 8.26. The fourth-order valence-electron chi connectivity index (χ4n) is 5.14. The summed E-state index contributed by atoms with van der Waals surface area (Å²) in [5.41, 5.74) is 0.990. The van der Waals surface area contributed by atoms with E-state index in [4.69, 9.17) is 0 Å². The van der Waals surface area contributed by atoms with Crippen molar-refractivity contribution in [2.45, 2.75) is 50.8 Å². The van der Waals surface area contributed by atoms with E-state index in [1.807, 2.05) is 24.1 Å². The molecule has 1 aromatic heterocycles. The molecule has 3 aliphatic rings. The van der Waals surface area contributed by atoms with E-state index in [0.717, 1.165) is 31.2 Å². The molecule has 1 aliphatic heterocycles. The van der Waals surface area contributed by atoms with Crippen LogP contribution >= 0.6 is 0 Å². The summed E-state index contributed by atoms with van der Waals surface area (Å²) in [4.78, 5) is 33.0. The average molecular weight is 357 g/mol. The van der Waals surface area contributed by atoms with Gasteiger partial charge in [-0.15, -0.1) is 0 Å². The van der Waals surface area contributed by atoms with E-state index < -0.39 is 0 Å². The largest absolute Gasteiger partial charge is 0.393 e. The van der Waals surface area contributed by atoms with Crippen molar-refractivity contribution in [1.82, 2.24) is 14.8 Å². The molecule has 3 fully saturated rings. The van der Waals surface area contributed by atoms with Crippen molar-refractivity contribution >= 4 is 11.8 Å². The molecule has 140 valence electrons. The molecule has 0 spiro atoms. The number of pyridine rings is 1. The number of rotatable bonds is 4. The van der Waals surface area contributed by atoms with Crippen molar-refractivity contribution < 1.29 is 14.7 Å². The van der Waals surface area contributed by atoms with Gasteiger partial charge in [-0.05, 0) is 49.1 Å². The molecule has 2 saturated carbocycles. The molecular weight excluding hydrogens is 330 g/mol. The SMILES string of the molecule is CN(C(=O)C1CC(=O)N(Cc2cccnc2)C1)C1C[C@H]2CC(O)C[C@H]2C1. The lowest BCUT2D eigenvalue weighted by Gasteiger charge is -2.28. The summed E-state index contributed by atoms with van der Waals surface area (Å²) in [5.74, 6) is 1.01. The summed E-state index contributed by atoms with van der Waals surface area (Å²) in [6.45, 7) is 1.01. The Hall–Kier alpha value is -1.95. The van der Waals surface area contributed by atoms with E-state index in [2.05, 4.69) is 4.98 Å². The number of aliphatic hydroxyl groups excluding tert-OH is 1. The van der Waals surface area contributed by atoms with E-state index in [0.29, 0.717) is 31.3 Å². The van der Waals surface area contributed by atoms with Gasteiger partial charge in [0.15, 0.2) is 0 Å². The van der Waals surface area contributed by atoms with Gasteiger partial charge >= 0.3 is 0 Å². The monoisotopic (exact) mass is 357 g/mol. The molecule has 1 aromatic rings. The standard InChI is InChI=1S/C20H27N3O3/c1-22(17-5-14-7-18(24)8-15(14)6-17)20(26)16-9-19(25)23(12-16)11-13-3-2-4-21-10-13/h2-4,10,14-18,24H,5-9,11-12H2,1H3/t14-,15+,16?,17?,18?. The lowest BCUT2D eigenvalue weighted by Crippen LogP contribution is -2.40. The van der Waals surface area contributed by atoms with Crippen LogP contribution < -0.4 is 0 Å². The Kier molecular flexibility index (Phi) is 4.69. The minimum absolute atomic E-state index is 0.0482. The average Bonchev–Trinajstić information content (AvgIpc) is 3.28. The van der Waals surface area contributed by atoms with Gasteiger partial charge in [0.1, 0.15) is 0 Å². The number of amides is 2. The molecule has 6 heteroatoms. The minimum atomic E-state index is -0.241. The number of hydrogen-bond donors (Lipinski definition) is 1.